The van der Waals surface area contributed by atoms with Crippen LogP contribution in [0.3, 0.4) is 0 Å². The maximum absolute atomic E-state index is 13.2. The van der Waals surface area contributed by atoms with Crippen molar-refractivity contribution in [3.8, 4) is 11.4 Å². The average Bonchev–Trinajstić information content (AvgIpc) is 3.75. The Labute approximate surface area is 313 Å². The Morgan fingerprint density at radius 3 is 2.20 bits per heavy atom. The first-order chi connectivity index (χ1) is 26.3. The van der Waals surface area contributed by atoms with Crippen LogP contribution in [0.15, 0.2) is 72.2 Å². The molecule has 17 heteroatoms. The molecule has 2 aromatic carbocycles. The largest absolute Gasteiger partial charge is 0.382 e. The molecule has 0 spiro atoms. The zero-order valence-corrected chi connectivity index (χ0v) is 29.8. The number of hydrogen-bond donors (Lipinski definition) is 4. The molecule has 1 unspecified atom stereocenters. The van der Waals surface area contributed by atoms with Gasteiger partial charge >= 0.3 is 0 Å². The first-order valence-corrected chi connectivity index (χ1v) is 18.1. The Balaban J connectivity index is 0.796. The number of nitrogens with one attached hydrogen (secondary N) is 4. The van der Waals surface area contributed by atoms with Crippen LogP contribution in [-0.2, 0) is 23.8 Å². The zero-order chi connectivity index (χ0) is 37.9. The first kappa shape index (κ1) is 37.9. The van der Waals surface area contributed by atoms with Crippen LogP contribution in [0.5, 0.6) is 0 Å². The van der Waals surface area contributed by atoms with Crippen molar-refractivity contribution in [3.63, 3.8) is 0 Å². The molecular formula is C37H37N7O9S. The topological polar surface area (TPSA) is 207 Å². The molecule has 4 heterocycles. The molecule has 6 amide bonds. The number of hydrogen-bond acceptors (Lipinski definition) is 13. The lowest BCUT2D eigenvalue weighted by atomic mass is 10.0. The zero-order valence-electron chi connectivity index (χ0n) is 29.0. The van der Waals surface area contributed by atoms with E-state index in [4.69, 9.17) is 14.2 Å². The van der Waals surface area contributed by atoms with E-state index in [2.05, 4.69) is 31.2 Å². The number of amides is 6. The first-order valence-electron chi connectivity index (χ1n) is 17.2. The predicted octanol–water partition coefficient (Wildman–Crippen LogP) is 2.75. The van der Waals surface area contributed by atoms with Crippen LogP contribution in [0.4, 0.5) is 10.8 Å². The number of benzene rings is 2. The van der Waals surface area contributed by atoms with Crippen molar-refractivity contribution in [1.29, 1.82) is 0 Å². The fourth-order valence-corrected chi connectivity index (χ4v) is 6.41. The second kappa shape index (κ2) is 18.2. The van der Waals surface area contributed by atoms with Gasteiger partial charge in [0.2, 0.25) is 11.8 Å². The molecule has 280 valence electrons. The van der Waals surface area contributed by atoms with Gasteiger partial charge in [-0.3, -0.25) is 49.3 Å². The number of anilines is 2. The number of thiazole rings is 1. The quantitative estimate of drug-likeness (QED) is 0.0855. The third-order valence-corrected chi connectivity index (χ3v) is 9.12. The second-order valence-electron chi connectivity index (χ2n) is 12.0. The van der Waals surface area contributed by atoms with Gasteiger partial charge in [0.15, 0.2) is 5.13 Å². The smallest absolute Gasteiger partial charge is 0.264 e. The van der Waals surface area contributed by atoms with E-state index in [1.807, 2.05) is 23.6 Å². The SMILES string of the molecule is O=C1CCC(N2C(=O)c3cccc(NCCOCCOCCOCCNC(=O)c4ccc(C(=O)Nc5nc(-c6ccccn6)cs5)cc4)c3C2=O)C(=O)N1. The molecule has 1 fully saturated rings. The number of carbonyl (C=O) groups excluding carboxylic acids is 6. The molecule has 16 nitrogen and oxygen atoms in total. The van der Waals surface area contributed by atoms with E-state index in [0.717, 1.165) is 4.90 Å². The third kappa shape index (κ3) is 9.37. The maximum Gasteiger partial charge on any atom is 0.264 e. The van der Waals surface area contributed by atoms with Crippen molar-refractivity contribution in [2.24, 2.45) is 0 Å². The van der Waals surface area contributed by atoms with Crippen LogP contribution in [0.2, 0.25) is 0 Å². The highest BCUT2D eigenvalue weighted by molar-refractivity contribution is 7.14. The number of piperidine rings is 1. The molecule has 0 bridgehead atoms. The van der Waals surface area contributed by atoms with Crippen LogP contribution >= 0.6 is 11.3 Å². The van der Waals surface area contributed by atoms with Gasteiger partial charge in [-0.15, -0.1) is 11.3 Å². The molecule has 0 aliphatic carbocycles. The molecule has 2 aromatic heterocycles. The molecule has 4 aromatic rings. The third-order valence-electron chi connectivity index (χ3n) is 8.37. The Bertz CT molecular complexity index is 2010. The van der Waals surface area contributed by atoms with Crippen LogP contribution in [0.25, 0.3) is 11.4 Å². The van der Waals surface area contributed by atoms with E-state index < -0.39 is 29.7 Å². The summed E-state index contributed by atoms with van der Waals surface area (Å²) in [4.78, 5) is 84.8. The number of fused-ring (bicyclic) bond motifs is 1. The van der Waals surface area contributed by atoms with Gasteiger partial charge in [-0.2, -0.15) is 0 Å². The minimum atomic E-state index is -1.03. The maximum atomic E-state index is 13.2. The van der Waals surface area contributed by atoms with Gasteiger partial charge in [0, 0.05) is 47.9 Å². The molecule has 4 N–H and O–H groups in total. The fraction of sp³-hybridized carbons (Fsp3) is 0.297. The van der Waals surface area contributed by atoms with Crippen molar-refractivity contribution in [2.75, 3.05) is 63.4 Å². The lowest BCUT2D eigenvalue weighted by Gasteiger charge is -2.27. The predicted molar refractivity (Wildman–Crippen MR) is 196 cm³/mol. The molecule has 6 rings (SSSR count). The molecule has 0 radical (unpaired) electrons. The summed E-state index contributed by atoms with van der Waals surface area (Å²) in [7, 11) is 0. The Morgan fingerprint density at radius 2 is 1.50 bits per heavy atom. The van der Waals surface area contributed by atoms with Crippen molar-refractivity contribution >= 4 is 57.6 Å². The lowest BCUT2D eigenvalue weighted by Crippen LogP contribution is -2.54. The highest BCUT2D eigenvalue weighted by atomic mass is 32.1. The molecule has 2 aliphatic heterocycles. The second-order valence-corrected chi connectivity index (χ2v) is 12.8. The minimum Gasteiger partial charge on any atom is -0.382 e. The number of ether oxygens (including phenoxy) is 3. The van der Waals surface area contributed by atoms with Crippen LogP contribution < -0.4 is 21.3 Å². The van der Waals surface area contributed by atoms with Crippen LogP contribution in [-0.4, -0.2) is 109 Å². The van der Waals surface area contributed by atoms with E-state index in [1.165, 1.54) is 17.4 Å². The Morgan fingerprint density at radius 1 is 0.796 bits per heavy atom. The van der Waals surface area contributed by atoms with Crippen molar-refractivity contribution in [3.05, 3.63) is 94.5 Å². The van der Waals surface area contributed by atoms with Gasteiger partial charge in [0.05, 0.1) is 56.5 Å². The number of pyridine rings is 1. The molecule has 54 heavy (non-hydrogen) atoms. The van der Waals surface area contributed by atoms with Gasteiger partial charge < -0.3 is 24.8 Å². The van der Waals surface area contributed by atoms with E-state index in [-0.39, 0.29) is 42.4 Å². The summed E-state index contributed by atoms with van der Waals surface area (Å²) in [5.41, 5.74) is 3.03. The summed E-state index contributed by atoms with van der Waals surface area (Å²) in [6.07, 6.45) is 1.82. The summed E-state index contributed by atoms with van der Waals surface area (Å²) in [6.45, 7) is 2.55. The Kier molecular flexibility index (Phi) is 12.8. The molecule has 1 saturated heterocycles. The standard InChI is InChI=1S/C37H37N7O9S/c45-30-12-11-29(34(48)42-30)44-35(49)25-4-3-6-27(31(25)36(44)50)39-14-16-51-18-20-53-21-19-52-17-15-40-32(46)23-7-9-24(10-8-23)33(47)43-37-41-28(22-54-37)26-5-1-2-13-38-26/h1-10,13,22,29,39H,11-12,14-21H2,(H,40,46)(H,41,43,47)(H,42,45,48). The summed E-state index contributed by atoms with van der Waals surface area (Å²) in [6, 6.07) is 15.7. The molecule has 1 atom stereocenters. The number of nitrogens with zero attached hydrogens (tertiary/aromatic N) is 3. The number of carbonyl (C=O) groups is 6. The van der Waals surface area contributed by atoms with Gasteiger partial charge in [-0.05, 0) is 55.0 Å². The summed E-state index contributed by atoms with van der Waals surface area (Å²) >= 11 is 1.30. The monoisotopic (exact) mass is 755 g/mol. The summed E-state index contributed by atoms with van der Waals surface area (Å²) in [5.74, 6) is -2.86. The van der Waals surface area contributed by atoms with E-state index in [1.54, 1.807) is 42.6 Å². The lowest BCUT2D eigenvalue weighted by molar-refractivity contribution is -0.136. The minimum absolute atomic E-state index is 0.0521. The van der Waals surface area contributed by atoms with Crippen LogP contribution in [0, 0.1) is 0 Å². The van der Waals surface area contributed by atoms with Gasteiger partial charge in [0.25, 0.3) is 23.6 Å². The average molecular weight is 756 g/mol. The number of imide groups is 2. The molecule has 0 saturated carbocycles. The highest BCUT2D eigenvalue weighted by Crippen LogP contribution is 2.32. The van der Waals surface area contributed by atoms with E-state index in [9.17, 15) is 28.8 Å². The fourth-order valence-electron chi connectivity index (χ4n) is 5.71. The van der Waals surface area contributed by atoms with E-state index >= 15 is 0 Å². The summed E-state index contributed by atoms with van der Waals surface area (Å²) < 4.78 is 16.6. The van der Waals surface area contributed by atoms with Crippen molar-refractivity contribution in [1.82, 2.24) is 25.5 Å². The van der Waals surface area contributed by atoms with E-state index in [0.29, 0.717) is 79.5 Å². The van der Waals surface area contributed by atoms with Gasteiger partial charge in [-0.25, -0.2) is 4.98 Å². The number of rotatable bonds is 18. The van der Waals surface area contributed by atoms with Crippen molar-refractivity contribution in [2.45, 2.75) is 18.9 Å². The molecule has 2 aliphatic rings. The highest BCUT2D eigenvalue weighted by Gasteiger charge is 2.45. The molecular weight excluding hydrogens is 719 g/mol. The van der Waals surface area contributed by atoms with Crippen molar-refractivity contribution < 1.29 is 43.0 Å². The number of aromatic nitrogens is 2. The van der Waals surface area contributed by atoms with Gasteiger partial charge in [0.1, 0.15) is 11.7 Å². The summed E-state index contributed by atoms with van der Waals surface area (Å²) in [5, 5.41) is 13.1. The Hall–Kier alpha value is -5.88. The van der Waals surface area contributed by atoms with Gasteiger partial charge in [-0.1, -0.05) is 12.1 Å². The normalized spacial score (nSPS) is 15.2. The van der Waals surface area contributed by atoms with Crippen LogP contribution in [0.1, 0.15) is 54.3 Å².